The number of phenolic OH excluding ortho intramolecular Hbond substituents is 4. The molecule has 0 spiro atoms. The molecule has 40 heavy (non-hydrogen) atoms. The van der Waals surface area contributed by atoms with Crippen molar-refractivity contribution >= 4 is 29.9 Å². The Balaban J connectivity index is 1.86. The van der Waals surface area contributed by atoms with Crippen molar-refractivity contribution in [3.8, 4) is 23.0 Å². The molecule has 0 aliphatic carbocycles. The third-order valence-electron chi connectivity index (χ3n) is 5.59. The molecule has 11 heteroatoms. The summed E-state index contributed by atoms with van der Waals surface area (Å²) in [5.74, 6) is -3.10. The van der Waals surface area contributed by atoms with Gasteiger partial charge in [-0.1, -0.05) is 30.3 Å². The van der Waals surface area contributed by atoms with E-state index in [-0.39, 0.29) is 41.6 Å². The maximum Gasteiger partial charge on any atom is 0.351 e. The van der Waals surface area contributed by atoms with Gasteiger partial charge in [-0.25, -0.2) is 4.79 Å². The lowest BCUT2D eigenvalue weighted by Gasteiger charge is -2.21. The summed E-state index contributed by atoms with van der Waals surface area (Å²) in [4.78, 5) is 37.0. The number of carbonyl (C=O) groups excluding carboxylic acids is 2. The molecule has 0 aliphatic heterocycles. The topological polar surface area (TPSA) is 188 Å². The molecule has 8 N–H and O–H groups in total. The van der Waals surface area contributed by atoms with Crippen molar-refractivity contribution in [2.45, 2.75) is 19.4 Å². The Morgan fingerprint density at radius 2 is 1.35 bits per heavy atom. The molecule has 3 aromatic rings. The third-order valence-corrected chi connectivity index (χ3v) is 5.59. The molecule has 0 aliphatic rings. The summed E-state index contributed by atoms with van der Waals surface area (Å²) in [5, 5.41) is 56.2. The third kappa shape index (κ3) is 8.84. The standard InChI is InChI=1S/C29H29N3O8/c1-17(33)31-24(13-19-4-9-23(35)10-5-19)28(38)32-21(12-18-2-7-22(34)8-3-18)16-30-25(29(39)40)14-20-6-11-26(36)27(37)15-20/h2-11,13-15,21,30,34-37H,12,16H2,1H3,(H,31,33)(H,32,38)(H,39,40). The summed E-state index contributed by atoms with van der Waals surface area (Å²) in [6.45, 7) is 1.19. The van der Waals surface area contributed by atoms with Gasteiger partial charge < -0.3 is 41.5 Å². The Morgan fingerprint density at radius 1 is 0.775 bits per heavy atom. The van der Waals surface area contributed by atoms with Crippen LogP contribution in [0.1, 0.15) is 23.6 Å². The Morgan fingerprint density at radius 3 is 1.93 bits per heavy atom. The van der Waals surface area contributed by atoms with E-state index in [1.54, 1.807) is 24.3 Å². The molecule has 1 unspecified atom stereocenters. The number of rotatable bonds is 11. The first-order valence-electron chi connectivity index (χ1n) is 12.1. The first kappa shape index (κ1) is 29.1. The predicted molar refractivity (Wildman–Crippen MR) is 147 cm³/mol. The van der Waals surface area contributed by atoms with Crippen molar-refractivity contribution in [3.63, 3.8) is 0 Å². The molecule has 3 aromatic carbocycles. The molecule has 0 aromatic heterocycles. The second kappa shape index (κ2) is 13.4. The number of aliphatic carboxylic acids is 1. The molecule has 0 bridgehead atoms. The first-order valence-corrected chi connectivity index (χ1v) is 12.1. The molecule has 1 atom stereocenters. The average Bonchev–Trinajstić information content (AvgIpc) is 2.90. The van der Waals surface area contributed by atoms with Crippen molar-refractivity contribution in [1.29, 1.82) is 0 Å². The molecule has 0 saturated carbocycles. The minimum absolute atomic E-state index is 0.0347. The molecular weight excluding hydrogens is 518 g/mol. The SMILES string of the molecule is CC(=O)NC(=Cc1ccc(O)cc1)C(=O)NC(CNC(=Cc1ccc(O)c(O)c1)C(=O)O)Cc1ccc(O)cc1. The summed E-state index contributed by atoms with van der Waals surface area (Å²) < 4.78 is 0. The number of aromatic hydroxyl groups is 4. The van der Waals surface area contributed by atoms with Crippen LogP contribution in [0.15, 0.2) is 78.1 Å². The van der Waals surface area contributed by atoms with E-state index < -0.39 is 29.6 Å². The largest absolute Gasteiger partial charge is 0.508 e. The van der Waals surface area contributed by atoms with Crippen molar-refractivity contribution in [3.05, 3.63) is 94.8 Å². The Labute approximate surface area is 229 Å². The monoisotopic (exact) mass is 547 g/mol. The van der Waals surface area contributed by atoms with Crippen LogP contribution in [0.4, 0.5) is 0 Å². The van der Waals surface area contributed by atoms with Gasteiger partial charge in [0.25, 0.3) is 5.91 Å². The average molecular weight is 548 g/mol. The van der Waals surface area contributed by atoms with Gasteiger partial charge >= 0.3 is 5.97 Å². The van der Waals surface area contributed by atoms with Crippen molar-refractivity contribution in [2.24, 2.45) is 0 Å². The Kier molecular flexibility index (Phi) is 9.73. The van der Waals surface area contributed by atoms with E-state index in [0.717, 1.165) is 5.56 Å². The summed E-state index contributed by atoms with van der Waals surface area (Å²) >= 11 is 0. The first-order chi connectivity index (χ1) is 19.0. The van der Waals surface area contributed by atoms with Crippen LogP contribution in [-0.2, 0) is 20.8 Å². The predicted octanol–water partition coefficient (Wildman–Crippen LogP) is 2.43. The molecular formula is C29H29N3O8. The van der Waals surface area contributed by atoms with E-state index in [4.69, 9.17) is 0 Å². The van der Waals surface area contributed by atoms with Gasteiger partial charge in [0.15, 0.2) is 11.5 Å². The summed E-state index contributed by atoms with van der Waals surface area (Å²) in [7, 11) is 0. The van der Waals surface area contributed by atoms with Crippen molar-refractivity contribution in [1.82, 2.24) is 16.0 Å². The number of hydrogen-bond donors (Lipinski definition) is 8. The summed E-state index contributed by atoms with van der Waals surface area (Å²) in [5.41, 5.74) is 1.28. The van der Waals surface area contributed by atoms with Crippen molar-refractivity contribution in [2.75, 3.05) is 6.54 Å². The number of amides is 2. The van der Waals surface area contributed by atoms with Crippen LogP contribution in [0.2, 0.25) is 0 Å². The number of nitrogens with one attached hydrogen (secondary N) is 3. The minimum Gasteiger partial charge on any atom is -0.508 e. The highest BCUT2D eigenvalue weighted by Gasteiger charge is 2.19. The van der Waals surface area contributed by atoms with Gasteiger partial charge in [-0.05, 0) is 71.7 Å². The zero-order valence-corrected chi connectivity index (χ0v) is 21.5. The lowest BCUT2D eigenvalue weighted by atomic mass is 10.0. The normalized spacial score (nSPS) is 12.3. The highest BCUT2D eigenvalue weighted by molar-refractivity contribution is 6.01. The van der Waals surface area contributed by atoms with Crippen LogP contribution >= 0.6 is 0 Å². The second-order valence-electron chi connectivity index (χ2n) is 8.86. The lowest BCUT2D eigenvalue weighted by molar-refractivity contribution is -0.133. The summed E-state index contributed by atoms with van der Waals surface area (Å²) in [6.07, 6.45) is 2.92. The number of benzene rings is 3. The molecule has 208 valence electrons. The van der Waals surface area contributed by atoms with Crippen LogP contribution in [0, 0.1) is 0 Å². The van der Waals surface area contributed by atoms with E-state index in [9.17, 15) is 39.9 Å². The maximum atomic E-state index is 13.3. The number of hydrogen-bond acceptors (Lipinski definition) is 8. The van der Waals surface area contributed by atoms with E-state index in [0.29, 0.717) is 11.1 Å². The zero-order valence-electron chi connectivity index (χ0n) is 21.5. The molecule has 2 amide bonds. The van der Waals surface area contributed by atoms with E-state index in [1.807, 2.05) is 0 Å². The number of phenols is 4. The minimum atomic E-state index is -1.30. The van der Waals surface area contributed by atoms with Gasteiger partial charge in [0.2, 0.25) is 5.91 Å². The Bertz CT molecular complexity index is 1430. The molecule has 0 heterocycles. The van der Waals surface area contributed by atoms with Gasteiger partial charge in [-0.2, -0.15) is 0 Å². The fraction of sp³-hybridized carbons (Fsp3) is 0.138. The smallest absolute Gasteiger partial charge is 0.351 e. The summed E-state index contributed by atoms with van der Waals surface area (Å²) in [6, 6.07) is 15.4. The Hall–Kier alpha value is -5.45. The van der Waals surface area contributed by atoms with Gasteiger partial charge in [0.1, 0.15) is 22.9 Å². The molecule has 0 saturated heterocycles. The van der Waals surface area contributed by atoms with E-state index in [2.05, 4.69) is 16.0 Å². The van der Waals surface area contributed by atoms with E-state index >= 15 is 0 Å². The highest BCUT2D eigenvalue weighted by atomic mass is 16.4. The molecule has 0 radical (unpaired) electrons. The zero-order chi connectivity index (χ0) is 29.2. The number of carboxylic acid groups (broad SMARTS) is 1. The van der Waals surface area contributed by atoms with Gasteiger partial charge in [-0.15, -0.1) is 0 Å². The van der Waals surface area contributed by atoms with Gasteiger partial charge in [-0.3, -0.25) is 9.59 Å². The van der Waals surface area contributed by atoms with E-state index in [1.165, 1.54) is 61.5 Å². The van der Waals surface area contributed by atoms with Crippen LogP contribution < -0.4 is 16.0 Å². The molecule has 0 fully saturated rings. The quantitative estimate of drug-likeness (QED) is 0.132. The van der Waals surface area contributed by atoms with Gasteiger partial charge in [0.05, 0.1) is 6.04 Å². The van der Waals surface area contributed by atoms with Crippen LogP contribution in [0.5, 0.6) is 23.0 Å². The highest BCUT2D eigenvalue weighted by Crippen LogP contribution is 2.25. The fourth-order valence-corrected chi connectivity index (χ4v) is 3.66. The number of carboxylic acids is 1. The molecule has 3 rings (SSSR count). The van der Waals surface area contributed by atoms with Crippen LogP contribution in [0.25, 0.3) is 12.2 Å². The number of carbonyl (C=O) groups is 3. The van der Waals surface area contributed by atoms with Crippen LogP contribution in [0.3, 0.4) is 0 Å². The molecule has 11 nitrogen and oxygen atoms in total. The lowest BCUT2D eigenvalue weighted by Crippen LogP contribution is -2.46. The van der Waals surface area contributed by atoms with Crippen molar-refractivity contribution < 1.29 is 39.9 Å². The van der Waals surface area contributed by atoms with Gasteiger partial charge in [0, 0.05) is 13.5 Å². The maximum absolute atomic E-state index is 13.3. The second-order valence-corrected chi connectivity index (χ2v) is 8.86. The van der Waals surface area contributed by atoms with Crippen LogP contribution in [-0.4, -0.2) is 55.9 Å². The fourth-order valence-electron chi connectivity index (χ4n) is 3.66.